The lowest BCUT2D eigenvalue weighted by atomic mass is 10.0. The fourth-order valence-electron chi connectivity index (χ4n) is 2.20. The lowest BCUT2D eigenvalue weighted by Gasteiger charge is -2.15. The Morgan fingerprint density at radius 3 is 2.60 bits per heavy atom. The molecule has 1 heterocycles. The van der Waals surface area contributed by atoms with E-state index in [4.69, 9.17) is 5.73 Å². The molecule has 2 unspecified atom stereocenters. The molecule has 106 valence electrons. The molecule has 1 aliphatic heterocycles. The number of hydrogen-bond acceptors (Lipinski definition) is 4. The van der Waals surface area contributed by atoms with Gasteiger partial charge in [0.05, 0.1) is 18.8 Å². The van der Waals surface area contributed by atoms with Gasteiger partial charge in [-0.3, -0.25) is 4.79 Å². The van der Waals surface area contributed by atoms with E-state index >= 15 is 0 Å². The topological polar surface area (TPSA) is 86.8 Å². The second kappa shape index (κ2) is 6.06. The van der Waals surface area contributed by atoms with Crippen molar-refractivity contribution in [1.29, 1.82) is 0 Å². The lowest BCUT2D eigenvalue weighted by Crippen LogP contribution is -2.29. The third-order valence-corrected chi connectivity index (χ3v) is 3.34. The van der Waals surface area contributed by atoms with E-state index < -0.39 is 12.2 Å². The summed E-state index contributed by atoms with van der Waals surface area (Å²) in [6.45, 7) is 2.50. The third kappa shape index (κ3) is 2.99. The summed E-state index contributed by atoms with van der Waals surface area (Å²) >= 11 is 0. The Labute approximate surface area is 118 Å². The largest absolute Gasteiger partial charge is 0.388 e. The number of β-amino-alcohol motifs (C(OH)–C–C–N with tert-alkyl or cyclic N) is 2. The number of aliphatic hydroxyl groups excluding tert-OH is 2. The first-order chi connectivity index (χ1) is 9.52. The zero-order valence-corrected chi connectivity index (χ0v) is 11.3. The molecule has 1 aromatic carbocycles. The van der Waals surface area contributed by atoms with Crippen molar-refractivity contribution < 1.29 is 15.0 Å². The molecule has 2 rings (SSSR count). The Morgan fingerprint density at radius 2 is 2.05 bits per heavy atom. The molecule has 1 aromatic rings. The van der Waals surface area contributed by atoms with Crippen LogP contribution in [0.1, 0.15) is 21.5 Å². The summed E-state index contributed by atoms with van der Waals surface area (Å²) in [6.07, 6.45) is -1.73. The van der Waals surface area contributed by atoms with Crippen LogP contribution in [0.3, 0.4) is 0 Å². The van der Waals surface area contributed by atoms with Gasteiger partial charge in [0.25, 0.3) is 5.91 Å². The van der Waals surface area contributed by atoms with Crippen molar-refractivity contribution in [1.82, 2.24) is 4.90 Å². The van der Waals surface area contributed by atoms with Gasteiger partial charge in [0, 0.05) is 24.2 Å². The fourth-order valence-corrected chi connectivity index (χ4v) is 2.20. The summed E-state index contributed by atoms with van der Waals surface area (Å²) in [5.74, 6) is 5.53. The molecule has 20 heavy (non-hydrogen) atoms. The summed E-state index contributed by atoms with van der Waals surface area (Å²) in [6, 6.07) is 5.25. The molecule has 1 aliphatic rings. The van der Waals surface area contributed by atoms with Crippen LogP contribution in [0.25, 0.3) is 0 Å². The zero-order valence-electron chi connectivity index (χ0n) is 11.3. The van der Waals surface area contributed by atoms with Crippen molar-refractivity contribution in [3.8, 4) is 11.8 Å². The van der Waals surface area contributed by atoms with E-state index in [9.17, 15) is 15.0 Å². The predicted molar refractivity (Wildman–Crippen MR) is 75.0 cm³/mol. The summed E-state index contributed by atoms with van der Waals surface area (Å²) in [5.41, 5.74) is 7.60. The van der Waals surface area contributed by atoms with E-state index in [0.29, 0.717) is 12.1 Å². The third-order valence-electron chi connectivity index (χ3n) is 3.34. The second-order valence-corrected chi connectivity index (χ2v) is 4.88. The number of aryl methyl sites for hydroxylation is 1. The molecule has 0 aliphatic carbocycles. The Kier molecular flexibility index (Phi) is 4.40. The van der Waals surface area contributed by atoms with Gasteiger partial charge < -0.3 is 20.8 Å². The van der Waals surface area contributed by atoms with E-state index in [1.165, 1.54) is 4.90 Å². The number of rotatable bonds is 1. The van der Waals surface area contributed by atoms with E-state index in [0.717, 1.165) is 11.1 Å². The molecular weight excluding hydrogens is 256 g/mol. The molecular formula is C15H18N2O3. The SMILES string of the molecule is Cc1cc(C(=O)N2CC(O)C(O)C2)ccc1C#CCN. The van der Waals surface area contributed by atoms with Crippen LogP contribution < -0.4 is 5.73 Å². The number of amides is 1. The summed E-state index contributed by atoms with van der Waals surface area (Å²) < 4.78 is 0. The number of aliphatic hydroxyl groups is 2. The maximum Gasteiger partial charge on any atom is 0.254 e. The van der Waals surface area contributed by atoms with E-state index in [-0.39, 0.29) is 19.0 Å². The van der Waals surface area contributed by atoms with Gasteiger partial charge in [0.15, 0.2) is 0 Å². The van der Waals surface area contributed by atoms with E-state index in [1.807, 2.05) is 6.92 Å². The van der Waals surface area contributed by atoms with Gasteiger partial charge in [-0.25, -0.2) is 0 Å². The second-order valence-electron chi connectivity index (χ2n) is 4.88. The van der Waals surface area contributed by atoms with E-state index in [2.05, 4.69) is 11.8 Å². The van der Waals surface area contributed by atoms with Crippen molar-refractivity contribution in [2.45, 2.75) is 19.1 Å². The number of carbonyl (C=O) groups is 1. The first-order valence-electron chi connectivity index (χ1n) is 6.48. The van der Waals surface area contributed by atoms with Crippen molar-refractivity contribution in [3.05, 3.63) is 34.9 Å². The molecule has 0 saturated carbocycles. The maximum atomic E-state index is 12.3. The predicted octanol–water partition coefficient (Wildman–Crippen LogP) is -0.517. The standard InChI is InChI=1S/C15H18N2O3/c1-10-7-12(5-4-11(10)3-2-6-16)15(20)17-8-13(18)14(19)9-17/h4-5,7,13-14,18-19H,6,8-9,16H2,1H3. The van der Waals surface area contributed by atoms with Crippen molar-refractivity contribution in [2.24, 2.45) is 5.73 Å². The fraction of sp³-hybridized carbons (Fsp3) is 0.400. The molecule has 1 fully saturated rings. The minimum Gasteiger partial charge on any atom is -0.388 e. The highest BCUT2D eigenvalue weighted by atomic mass is 16.3. The summed E-state index contributed by atoms with van der Waals surface area (Å²) in [5, 5.41) is 19.0. The van der Waals surface area contributed by atoms with Crippen LogP contribution in [0.2, 0.25) is 0 Å². The van der Waals surface area contributed by atoms with Gasteiger partial charge in [0.1, 0.15) is 0 Å². The first kappa shape index (κ1) is 14.5. The van der Waals surface area contributed by atoms with Gasteiger partial charge >= 0.3 is 0 Å². The van der Waals surface area contributed by atoms with Crippen molar-refractivity contribution >= 4 is 5.91 Å². The number of benzene rings is 1. The molecule has 5 heteroatoms. The summed E-state index contributed by atoms with van der Waals surface area (Å²) in [7, 11) is 0. The lowest BCUT2D eigenvalue weighted by molar-refractivity contribution is 0.0572. The van der Waals surface area contributed by atoms with Crippen LogP contribution in [0.5, 0.6) is 0 Å². The molecule has 2 atom stereocenters. The maximum absolute atomic E-state index is 12.3. The van der Waals surface area contributed by atoms with Crippen LogP contribution >= 0.6 is 0 Å². The molecule has 1 amide bonds. The van der Waals surface area contributed by atoms with Gasteiger partial charge in [0.2, 0.25) is 0 Å². The average Bonchev–Trinajstić information content (AvgIpc) is 2.76. The monoisotopic (exact) mass is 274 g/mol. The Balaban J connectivity index is 2.17. The van der Waals surface area contributed by atoms with Gasteiger partial charge in [-0.15, -0.1) is 0 Å². The van der Waals surface area contributed by atoms with Crippen LogP contribution in [-0.4, -0.2) is 52.9 Å². The molecule has 0 spiro atoms. The number of nitrogens with zero attached hydrogens (tertiary/aromatic N) is 1. The molecule has 0 bridgehead atoms. The highest BCUT2D eigenvalue weighted by Crippen LogP contribution is 2.16. The normalized spacial score (nSPS) is 21.5. The van der Waals surface area contributed by atoms with E-state index in [1.54, 1.807) is 18.2 Å². The molecule has 1 saturated heterocycles. The van der Waals surface area contributed by atoms with Crippen LogP contribution in [-0.2, 0) is 0 Å². The highest BCUT2D eigenvalue weighted by Gasteiger charge is 2.32. The Bertz CT molecular complexity index is 564. The van der Waals surface area contributed by atoms with Crippen LogP contribution in [0.4, 0.5) is 0 Å². The van der Waals surface area contributed by atoms with Crippen LogP contribution in [0.15, 0.2) is 18.2 Å². The van der Waals surface area contributed by atoms with Gasteiger partial charge in [-0.2, -0.15) is 0 Å². The minimum atomic E-state index is -0.866. The number of carbonyl (C=O) groups excluding carboxylic acids is 1. The van der Waals surface area contributed by atoms with Crippen molar-refractivity contribution in [3.63, 3.8) is 0 Å². The molecule has 4 N–H and O–H groups in total. The zero-order chi connectivity index (χ0) is 14.7. The van der Waals surface area contributed by atoms with Crippen molar-refractivity contribution in [2.75, 3.05) is 19.6 Å². The number of likely N-dealkylation sites (tertiary alicyclic amines) is 1. The minimum absolute atomic E-state index is 0.160. The molecule has 0 aromatic heterocycles. The van der Waals surface area contributed by atoms with Crippen LogP contribution in [0, 0.1) is 18.8 Å². The highest BCUT2D eigenvalue weighted by molar-refractivity contribution is 5.94. The average molecular weight is 274 g/mol. The van der Waals surface area contributed by atoms with Gasteiger partial charge in [-0.1, -0.05) is 11.8 Å². The number of hydrogen-bond donors (Lipinski definition) is 3. The Morgan fingerprint density at radius 1 is 1.40 bits per heavy atom. The number of nitrogens with two attached hydrogens (primary N) is 1. The Hall–Kier alpha value is -1.87. The summed E-state index contributed by atoms with van der Waals surface area (Å²) in [4.78, 5) is 13.7. The molecule has 0 radical (unpaired) electrons. The molecule has 5 nitrogen and oxygen atoms in total. The quantitative estimate of drug-likeness (QED) is 0.602. The smallest absolute Gasteiger partial charge is 0.254 e. The van der Waals surface area contributed by atoms with Gasteiger partial charge in [-0.05, 0) is 30.7 Å². The first-order valence-corrected chi connectivity index (χ1v) is 6.48.